The fourth-order valence-corrected chi connectivity index (χ4v) is 4.90. The largest absolute Gasteiger partial charge is 0.478 e. The van der Waals surface area contributed by atoms with Gasteiger partial charge in [-0.2, -0.15) is 5.10 Å². The van der Waals surface area contributed by atoms with Gasteiger partial charge >= 0.3 is 5.97 Å². The van der Waals surface area contributed by atoms with Gasteiger partial charge < -0.3 is 19.5 Å². The van der Waals surface area contributed by atoms with Gasteiger partial charge in [0.25, 0.3) is 0 Å². The second-order valence-corrected chi connectivity index (χ2v) is 9.54. The van der Waals surface area contributed by atoms with Crippen LogP contribution in [0.15, 0.2) is 54.7 Å². The van der Waals surface area contributed by atoms with Crippen molar-refractivity contribution in [3.8, 4) is 5.69 Å². The van der Waals surface area contributed by atoms with Gasteiger partial charge in [0.1, 0.15) is 5.82 Å². The Kier molecular flexibility index (Phi) is 6.78. The summed E-state index contributed by atoms with van der Waals surface area (Å²) < 4.78 is 21.5. The number of aromatic amines is 1. The molecule has 0 bridgehead atoms. The van der Waals surface area contributed by atoms with E-state index in [0.29, 0.717) is 13.0 Å². The van der Waals surface area contributed by atoms with Crippen LogP contribution in [0.3, 0.4) is 0 Å². The number of aromatic nitrogens is 3. The van der Waals surface area contributed by atoms with Crippen LogP contribution in [0.2, 0.25) is 0 Å². The van der Waals surface area contributed by atoms with Gasteiger partial charge in [0, 0.05) is 46.2 Å². The summed E-state index contributed by atoms with van der Waals surface area (Å²) in [6, 6.07) is 10.3. The number of aliphatic hydroxyl groups is 1. The molecule has 8 heteroatoms. The zero-order valence-corrected chi connectivity index (χ0v) is 20.1. The summed E-state index contributed by atoms with van der Waals surface area (Å²) in [5.74, 6) is -1.74. The molecule has 2 heterocycles. The molecular weight excluding hydrogens is 449 g/mol. The van der Waals surface area contributed by atoms with Crippen molar-refractivity contribution in [3.05, 3.63) is 71.8 Å². The monoisotopic (exact) mass is 479 g/mol. The molecule has 0 aliphatic carbocycles. The Labute approximate surface area is 202 Å². The summed E-state index contributed by atoms with van der Waals surface area (Å²) in [7, 11) is 1.64. The number of hydrogen-bond donors (Lipinski definition) is 3. The highest BCUT2D eigenvalue weighted by atomic mass is 19.1. The number of H-pyrrole nitrogens is 1. The van der Waals surface area contributed by atoms with Crippen molar-refractivity contribution in [2.24, 2.45) is 0 Å². The van der Waals surface area contributed by atoms with Crippen LogP contribution < -0.4 is 0 Å². The highest BCUT2D eigenvalue weighted by Crippen LogP contribution is 2.43. The van der Waals surface area contributed by atoms with E-state index in [0.717, 1.165) is 38.8 Å². The van der Waals surface area contributed by atoms with Crippen molar-refractivity contribution >= 4 is 27.8 Å². The maximum absolute atomic E-state index is 13.8. The molecule has 0 saturated carbocycles. The second-order valence-electron chi connectivity index (χ2n) is 9.54. The lowest BCUT2D eigenvalue weighted by Crippen LogP contribution is -2.29. The van der Waals surface area contributed by atoms with E-state index in [1.54, 1.807) is 25.4 Å². The van der Waals surface area contributed by atoms with Gasteiger partial charge in [-0.05, 0) is 54.8 Å². The number of aliphatic carboxylic acids is 1. The minimum Gasteiger partial charge on any atom is -0.478 e. The Morgan fingerprint density at radius 3 is 2.63 bits per heavy atom. The number of fused-ring (bicyclic) bond motifs is 2. The molecule has 0 spiro atoms. The van der Waals surface area contributed by atoms with Crippen molar-refractivity contribution in [1.82, 2.24) is 14.8 Å². The molecular formula is C27H30FN3O4. The molecule has 7 nitrogen and oxygen atoms in total. The summed E-state index contributed by atoms with van der Waals surface area (Å²) in [6.45, 7) is 8.01. The van der Waals surface area contributed by atoms with Gasteiger partial charge in [0.05, 0.1) is 30.4 Å². The lowest BCUT2D eigenvalue weighted by molar-refractivity contribution is -0.132. The molecule has 0 unspecified atom stereocenters. The highest BCUT2D eigenvalue weighted by molar-refractivity contribution is 5.99. The summed E-state index contributed by atoms with van der Waals surface area (Å²) in [6.07, 6.45) is 2.39. The molecule has 2 aromatic heterocycles. The first-order chi connectivity index (χ1) is 16.7. The number of rotatable bonds is 10. The molecule has 4 rings (SSSR count). The van der Waals surface area contributed by atoms with E-state index >= 15 is 0 Å². The van der Waals surface area contributed by atoms with Crippen molar-refractivity contribution in [2.75, 3.05) is 20.3 Å². The molecule has 0 saturated heterocycles. The predicted molar refractivity (Wildman–Crippen MR) is 134 cm³/mol. The van der Waals surface area contributed by atoms with Gasteiger partial charge in [-0.15, -0.1) is 0 Å². The Hall–Kier alpha value is -3.49. The van der Waals surface area contributed by atoms with E-state index in [-0.39, 0.29) is 30.3 Å². The zero-order valence-electron chi connectivity index (χ0n) is 20.1. The summed E-state index contributed by atoms with van der Waals surface area (Å²) in [4.78, 5) is 11.4. The Bertz CT molecular complexity index is 1390. The first kappa shape index (κ1) is 24.6. The quantitative estimate of drug-likeness (QED) is 0.276. The average molecular weight is 480 g/mol. The van der Waals surface area contributed by atoms with Crippen LogP contribution in [0.5, 0.6) is 0 Å². The first-order valence-electron chi connectivity index (χ1n) is 11.5. The number of carbonyl (C=O) groups is 1. The molecule has 0 fully saturated rings. The molecule has 184 valence electrons. The van der Waals surface area contributed by atoms with E-state index in [2.05, 4.69) is 35.2 Å². The third-order valence-corrected chi connectivity index (χ3v) is 6.52. The smallest absolute Gasteiger partial charge is 0.330 e. The normalized spacial score (nSPS) is 12.9. The average Bonchev–Trinajstić information content (AvgIpc) is 3.41. The van der Waals surface area contributed by atoms with Crippen LogP contribution in [0, 0.1) is 5.82 Å². The number of nitrogens with one attached hydrogen (secondary N) is 1. The van der Waals surface area contributed by atoms with Crippen LogP contribution in [0.1, 0.15) is 43.9 Å². The lowest BCUT2D eigenvalue weighted by atomic mass is 9.81. The molecule has 35 heavy (non-hydrogen) atoms. The highest BCUT2D eigenvalue weighted by Gasteiger charge is 2.34. The van der Waals surface area contributed by atoms with Crippen LogP contribution in [-0.2, 0) is 14.9 Å². The SMILES string of the molecule is C=C(CC[C@@H](CO)c1c(C(C)(C)COC)n(-c2ccc(F)cc2)c2cc3cn[nH]c3cc12)C(=O)O. The zero-order chi connectivity index (χ0) is 25.3. The molecule has 2 aromatic carbocycles. The number of nitrogens with zero attached hydrogens (tertiary/aromatic N) is 2. The summed E-state index contributed by atoms with van der Waals surface area (Å²) in [5, 5.41) is 28.8. The van der Waals surface area contributed by atoms with Gasteiger partial charge in [-0.25, -0.2) is 9.18 Å². The number of aliphatic hydroxyl groups excluding tert-OH is 1. The topological polar surface area (TPSA) is 100 Å². The molecule has 4 aromatic rings. The minimum absolute atomic E-state index is 0.0967. The van der Waals surface area contributed by atoms with Crippen molar-refractivity contribution in [1.29, 1.82) is 0 Å². The standard InChI is InChI=1S/C27H30FN3O4/c1-16(26(33)34)5-6-17(14-32)24-21-12-22-18(13-29-30-22)11-23(21)31(20-9-7-19(28)8-10-20)25(24)27(2,3)15-35-4/h7-13,17,32H,1,5-6,14-15H2,2-4H3,(H,29,30)(H,33,34)/t17-/m0/s1. The number of methoxy groups -OCH3 is 1. The summed E-state index contributed by atoms with van der Waals surface area (Å²) in [5.41, 5.74) is 3.93. The number of benzene rings is 2. The Morgan fingerprint density at radius 2 is 2.00 bits per heavy atom. The van der Waals surface area contributed by atoms with Crippen molar-refractivity contribution in [3.63, 3.8) is 0 Å². The molecule has 0 radical (unpaired) electrons. The second kappa shape index (κ2) is 9.64. The third-order valence-electron chi connectivity index (χ3n) is 6.52. The first-order valence-corrected chi connectivity index (χ1v) is 11.5. The van der Waals surface area contributed by atoms with E-state index in [1.165, 1.54) is 12.1 Å². The maximum atomic E-state index is 13.8. The predicted octanol–water partition coefficient (Wildman–Crippen LogP) is 5.07. The Morgan fingerprint density at radius 1 is 1.29 bits per heavy atom. The maximum Gasteiger partial charge on any atom is 0.330 e. The van der Waals surface area contributed by atoms with Crippen LogP contribution in [0.4, 0.5) is 4.39 Å². The number of halogens is 1. The number of hydrogen-bond acceptors (Lipinski definition) is 4. The van der Waals surface area contributed by atoms with Crippen LogP contribution >= 0.6 is 0 Å². The minimum atomic E-state index is -1.05. The number of carboxylic acids is 1. The molecule has 0 aliphatic heterocycles. The van der Waals surface area contributed by atoms with Crippen molar-refractivity contribution in [2.45, 2.75) is 38.0 Å². The fraction of sp³-hybridized carbons (Fsp3) is 0.333. The molecule has 0 amide bonds. The molecule has 1 atom stereocenters. The third kappa shape index (κ3) is 4.59. The lowest BCUT2D eigenvalue weighted by Gasteiger charge is -2.30. The number of ether oxygens (including phenoxy) is 1. The Balaban J connectivity index is 2.06. The van der Waals surface area contributed by atoms with Crippen LogP contribution in [0.25, 0.3) is 27.5 Å². The van der Waals surface area contributed by atoms with Crippen LogP contribution in [-0.4, -0.2) is 51.3 Å². The van der Waals surface area contributed by atoms with E-state index in [4.69, 9.17) is 4.74 Å². The number of carboxylic acid groups (broad SMARTS) is 1. The fourth-order valence-electron chi connectivity index (χ4n) is 4.90. The van der Waals surface area contributed by atoms with Gasteiger partial charge in [0.15, 0.2) is 0 Å². The van der Waals surface area contributed by atoms with Gasteiger partial charge in [-0.3, -0.25) is 5.10 Å². The molecule has 3 N–H and O–H groups in total. The van der Waals surface area contributed by atoms with E-state index in [1.807, 2.05) is 12.1 Å². The van der Waals surface area contributed by atoms with E-state index in [9.17, 15) is 19.4 Å². The molecule has 0 aliphatic rings. The van der Waals surface area contributed by atoms with Gasteiger partial charge in [-0.1, -0.05) is 20.4 Å². The van der Waals surface area contributed by atoms with E-state index < -0.39 is 11.4 Å². The summed E-state index contributed by atoms with van der Waals surface area (Å²) >= 11 is 0. The van der Waals surface area contributed by atoms with Gasteiger partial charge in [0.2, 0.25) is 0 Å². The van der Waals surface area contributed by atoms with Crippen molar-refractivity contribution < 1.29 is 24.1 Å².